The summed E-state index contributed by atoms with van der Waals surface area (Å²) in [4.78, 5) is 10.8. The van der Waals surface area contributed by atoms with Crippen LogP contribution in [0.25, 0.3) is 0 Å². The molecule has 17 heavy (non-hydrogen) atoms. The average Bonchev–Trinajstić information content (AvgIpc) is 2.28. The summed E-state index contributed by atoms with van der Waals surface area (Å²) in [5.74, 6) is 0.886. The van der Waals surface area contributed by atoms with E-state index in [1.54, 1.807) is 0 Å². The molecule has 1 aliphatic heterocycles. The van der Waals surface area contributed by atoms with Crippen molar-refractivity contribution in [1.29, 1.82) is 0 Å². The number of nitrogens with one attached hydrogen (secondary N) is 1. The fraction of sp³-hybridized carbons (Fsp3) is 0.667. The van der Waals surface area contributed by atoms with E-state index in [4.69, 9.17) is 11.6 Å². The van der Waals surface area contributed by atoms with Gasteiger partial charge in [-0.1, -0.05) is 0 Å². The predicted octanol–water partition coefficient (Wildman–Crippen LogP) is 2.25. The fourth-order valence-electron chi connectivity index (χ4n) is 2.08. The van der Waals surface area contributed by atoms with E-state index in [1.165, 1.54) is 0 Å². The first-order valence-corrected chi connectivity index (χ1v) is 6.40. The number of halogens is 1. The Bertz CT molecular complexity index is 400. The summed E-state index contributed by atoms with van der Waals surface area (Å²) in [5, 5.41) is 3.81. The third kappa shape index (κ3) is 3.07. The van der Waals surface area contributed by atoms with Gasteiger partial charge in [0.25, 0.3) is 0 Å². The van der Waals surface area contributed by atoms with E-state index in [-0.39, 0.29) is 0 Å². The van der Waals surface area contributed by atoms with E-state index in [2.05, 4.69) is 27.2 Å². The van der Waals surface area contributed by atoms with Crippen LogP contribution in [-0.4, -0.2) is 41.0 Å². The van der Waals surface area contributed by atoms with Gasteiger partial charge in [-0.3, -0.25) is 0 Å². The van der Waals surface area contributed by atoms with E-state index >= 15 is 0 Å². The number of aromatic nitrogens is 2. The lowest BCUT2D eigenvalue weighted by Gasteiger charge is -2.30. The smallest absolute Gasteiger partial charge is 0.224 e. The number of hydrogen-bond acceptors (Lipinski definition) is 4. The zero-order valence-electron chi connectivity index (χ0n) is 10.6. The highest BCUT2D eigenvalue weighted by Gasteiger charge is 2.18. The molecule has 4 nitrogen and oxygen atoms in total. The van der Waals surface area contributed by atoms with Crippen molar-refractivity contribution < 1.29 is 0 Å². The quantitative estimate of drug-likeness (QED) is 0.822. The summed E-state index contributed by atoms with van der Waals surface area (Å²) in [5.41, 5.74) is 2.04. The molecule has 0 aromatic carbocycles. The van der Waals surface area contributed by atoms with Crippen LogP contribution in [0.1, 0.15) is 24.1 Å². The predicted molar refractivity (Wildman–Crippen MR) is 70.7 cm³/mol. The van der Waals surface area contributed by atoms with Crippen LogP contribution < -0.4 is 5.32 Å². The van der Waals surface area contributed by atoms with Crippen molar-refractivity contribution in [3.05, 3.63) is 16.5 Å². The second-order valence-electron chi connectivity index (χ2n) is 4.77. The van der Waals surface area contributed by atoms with E-state index in [0.29, 0.717) is 11.3 Å². The van der Waals surface area contributed by atoms with Crippen LogP contribution >= 0.6 is 11.6 Å². The fourth-order valence-corrected chi connectivity index (χ4v) is 2.29. The monoisotopic (exact) mass is 254 g/mol. The van der Waals surface area contributed by atoms with Crippen molar-refractivity contribution in [3.8, 4) is 0 Å². The van der Waals surface area contributed by atoms with Crippen molar-refractivity contribution in [3.63, 3.8) is 0 Å². The molecule has 1 N–H and O–H groups in total. The van der Waals surface area contributed by atoms with Gasteiger partial charge in [-0.25, -0.2) is 9.97 Å². The van der Waals surface area contributed by atoms with Gasteiger partial charge in [-0.05, 0) is 58.4 Å². The molecule has 0 atom stereocenters. The molecule has 0 aliphatic carbocycles. The summed E-state index contributed by atoms with van der Waals surface area (Å²) >= 11 is 5.89. The number of piperidine rings is 1. The third-order valence-corrected chi connectivity index (χ3v) is 3.59. The normalized spacial score (nSPS) is 18.4. The van der Waals surface area contributed by atoms with Gasteiger partial charge in [-0.2, -0.15) is 0 Å². The Balaban J connectivity index is 2.08. The molecule has 0 radical (unpaired) electrons. The first kappa shape index (κ1) is 12.6. The number of anilines is 1. The van der Waals surface area contributed by atoms with Gasteiger partial charge in [0.15, 0.2) is 0 Å². The SMILES string of the molecule is Cc1nc(Cl)nc(NC2CCN(C)CC2)c1C. The van der Waals surface area contributed by atoms with Crippen molar-refractivity contribution in [2.24, 2.45) is 0 Å². The Morgan fingerprint density at radius 2 is 1.88 bits per heavy atom. The van der Waals surface area contributed by atoms with Gasteiger partial charge in [0.2, 0.25) is 5.28 Å². The number of nitrogens with zero attached hydrogens (tertiary/aromatic N) is 3. The Hall–Kier alpha value is -0.870. The number of likely N-dealkylation sites (tertiary alicyclic amines) is 1. The zero-order valence-corrected chi connectivity index (χ0v) is 11.4. The largest absolute Gasteiger partial charge is 0.367 e. The molecule has 5 heteroatoms. The maximum atomic E-state index is 5.89. The first-order chi connectivity index (χ1) is 8.06. The molecule has 0 saturated carbocycles. The summed E-state index contributed by atoms with van der Waals surface area (Å²) in [6, 6.07) is 0.496. The molecule has 0 unspecified atom stereocenters. The van der Waals surface area contributed by atoms with Crippen molar-refractivity contribution in [2.45, 2.75) is 32.7 Å². The Labute approximate surface area is 107 Å². The highest BCUT2D eigenvalue weighted by Crippen LogP contribution is 2.20. The summed E-state index contributed by atoms with van der Waals surface area (Å²) in [7, 11) is 2.16. The summed E-state index contributed by atoms with van der Waals surface area (Å²) in [6.07, 6.45) is 2.30. The number of hydrogen-bond donors (Lipinski definition) is 1. The second-order valence-corrected chi connectivity index (χ2v) is 5.11. The molecule has 0 bridgehead atoms. The Morgan fingerprint density at radius 3 is 2.53 bits per heavy atom. The lowest BCUT2D eigenvalue weighted by molar-refractivity contribution is 0.263. The summed E-state index contributed by atoms with van der Waals surface area (Å²) < 4.78 is 0. The second kappa shape index (κ2) is 5.19. The van der Waals surface area contributed by atoms with Gasteiger partial charge in [0, 0.05) is 17.3 Å². The molecule has 2 rings (SSSR count). The zero-order chi connectivity index (χ0) is 12.4. The lowest BCUT2D eigenvalue weighted by Crippen LogP contribution is -2.37. The number of rotatable bonds is 2. The van der Waals surface area contributed by atoms with Gasteiger partial charge < -0.3 is 10.2 Å². The molecule has 1 aromatic rings. The lowest BCUT2D eigenvalue weighted by atomic mass is 10.1. The van der Waals surface area contributed by atoms with E-state index in [0.717, 1.165) is 43.0 Å². The van der Waals surface area contributed by atoms with Crippen LogP contribution in [0.3, 0.4) is 0 Å². The standard InChI is InChI=1S/C12H19ClN4/c1-8-9(2)14-12(13)16-11(8)15-10-4-6-17(3)7-5-10/h10H,4-7H2,1-3H3,(H,14,15,16). The van der Waals surface area contributed by atoms with Gasteiger partial charge >= 0.3 is 0 Å². The molecule has 1 aliphatic rings. The third-order valence-electron chi connectivity index (χ3n) is 3.42. The van der Waals surface area contributed by atoms with Gasteiger partial charge in [-0.15, -0.1) is 0 Å². The van der Waals surface area contributed by atoms with Crippen LogP contribution in [0.5, 0.6) is 0 Å². The molecule has 1 aromatic heterocycles. The first-order valence-electron chi connectivity index (χ1n) is 6.02. The van der Waals surface area contributed by atoms with E-state index < -0.39 is 0 Å². The molecular weight excluding hydrogens is 236 g/mol. The molecular formula is C12H19ClN4. The van der Waals surface area contributed by atoms with Crippen molar-refractivity contribution >= 4 is 17.4 Å². The minimum absolute atomic E-state index is 0.323. The van der Waals surface area contributed by atoms with Gasteiger partial charge in [0.1, 0.15) is 5.82 Å². The maximum Gasteiger partial charge on any atom is 0.224 e. The summed E-state index contributed by atoms with van der Waals surface area (Å²) in [6.45, 7) is 6.26. The molecule has 1 fully saturated rings. The van der Waals surface area contributed by atoms with E-state index in [1.807, 2.05) is 13.8 Å². The van der Waals surface area contributed by atoms with Crippen molar-refractivity contribution in [2.75, 3.05) is 25.5 Å². The average molecular weight is 255 g/mol. The van der Waals surface area contributed by atoms with Crippen LogP contribution in [-0.2, 0) is 0 Å². The molecule has 0 spiro atoms. The highest BCUT2D eigenvalue weighted by molar-refractivity contribution is 6.28. The van der Waals surface area contributed by atoms with Crippen LogP contribution in [0.4, 0.5) is 5.82 Å². The number of aryl methyl sites for hydroxylation is 1. The topological polar surface area (TPSA) is 41.1 Å². The van der Waals surface area contributed by atoms with Crippen LogP contribution in [0, 0.1) is 13.8 Å². The van der Waals surface area contributed by atoms with Crippen LogP contribution in [0.15, 0.2) is 0 Å². The minimum Gasteiger partial charge on any atom is -0.367 e. The molecule has 94 valence electrons. The van der Waals surface area contributed by atoms with Crippen molar-refractivity contribution in [1.82, 2.24) is 14.9 Å². The highest BCUT2D eigenvalue weighted by atomic mass is 35.5. The minimum atomic E-state index is 0.323. The molecule has 1 saturated heterocycles. The molecule has 0 amide bonds. The Morgan fingerprint density at radius 1 is 1.24 bits per heavy atom. The molecule has 2 heterocycles. The van der Waals surface area contributed by atoms with E-state index in [9.17, 15) is 0 Å². The Kier molecular flexibility index (Phi) is 3.84. The van der Waals surface area contributed by atoms with Gasteiger partial charge in [0.05, 0.1) is 0 Å². The van der Waals surface area contributed by atoms with Crippen LogP contribution in [0.2, 0.25) is 5.28 Å². The maximum absolute atomic E-state index is 5.89.